The fourth-order valence-electron chi connectivity index (χ4n) is 3.10. The van der Waals surface area contributed by atoms with E-state index in [0.717, 1.165) is 12.8 Å². The van der Waals surface area contributed by atoms with E-state index in [1.807, 2.05) is 0 Å². The molecular weight excluding hydrogens is 328 g/mol. The number of hydrogen-bond donors (Lipinski definition) is 0. The minimum atomic E-state index is -3.22. The van der Waals surface area contributed by atoms with Crippen molar-refractivity contribution in [1.82, 2.24) is 9.21 Å². The van der Waals surface area contributed by atoms with Crippen molar-refractivity contribution in [2.75, 3.05) is 26.2 Å². The molecule has 2 aliphatic rings. The average molecular weight is 347 g/mol. The van der Waals surface area contributed by atoms with Crippen LogP contribution in [0, 0.1) is 0 Å². The fourth-order valence-corrected chi connectivity index (χ4v) is 5.24. The van der Waals surface area contributed by atoms with Crippen LogP contribution < -0.4 is 0 Å². The quantitative estimate of drug-likeness (QED) is 0.838. The largest absolute Gasteiger partial charge is 0.440 e. The van der Waals surface area contributed by atoms with Crippen molar-refractivity contribution in [3.63, 3.8) is 0 Å². The number of piperidine rings is 1. The molecule has 1 aromatic heterocycles. The third-order valence-corrected chi connectivity index (χ3v) is 6.96. The van der Waals surface area contributed by atoms with Gasteiger partial charge in [0, 0.05) is 26.2 Å². The lowest BCUT2D eigenvalue weighted by molar-refractivity contribution is 0.0692. The topological polar surface area (TPSA) is 70.8 Å². The lowest BCUT2D eigenvalue weighted by Crippen LogP contribution is -2.46. The molecule has 2 fully saturated rings. The summed E-state index contributed by atoms with van der Waals surface area (Å²) < 4.78 is 31.8. The third kappa shape index (κ3) is 3.02. The van der Waals surface area contributed by atoms with Crippen LogP contribution in [0.3, 0.4) is 0 Å². The normalized spacial score (nSPS) is 21.4. The van der Waals surface area contributed by atoms with Gasteiger partial charge in [0.1, 0.15) is 0 Å². The van der Waals surface area contributed by atoms with Crippen LogP contribution in [0.5, 0.6) is 0 Å². The van der Waals surface area contributed by atoms with Gasteiger partial charge in [-0.15, -0.1) is 0 Å². The van der Waals surface area contributed by atoms with Crippen LogP contribution in [0.2, 0.25) is 5.22 Å². The predicted octanol–water partition coefficient (Wildman–Crippen LogP) is 1.96. The minimum absolute atomic E-state index is 0.176. The van der Waals surface area contributed by atoms with Gasteiger partial charge in [-0.05, 0) is 49.4 Å². The number of carbonyl (C=O) groups excluding carboxylic acids is 1. The summed E-state index contributed by atoms with van der Waals surface area (Å²) in [5.74, 6) is -0.0326. The van der Waals surface area contributed by atoms with Crippen molar-refractivity contribution >= 4 is 27.5 Å². The number of sulfonamides is 1. The SMILES string of the molecule is O=C(c1ccc(Cl)o1)N1CCC(S(=O)(=O)N2CCCC2)CC1. The van der Waals surface area contributed by atoms with E-state index in [4.69, 9.17) is 16.0 Å². The van der Waals surface area contributed by atoms with Gasteiger partial charge in [-0.25, -0.2) is 12.7 Å². The van der Waals surface area contributed by atoms with Gasteiger partial charge in [-0.1, -0.05) is 0 Å². The first-order valence-electron chi connectivity index (χ1n) is 7.52. The first-order chi connectivity index (χ1) is 10.5. The minimum Gasteiger partial charge on any atom is -0.440 e. The van der Waals surface area contributed by atoms with Crippen molar-refractivity contribution in [2.24, 2.45) is 0 Å². The monoisotopic (exact) mass is 346 g/mol. The number of likely N-dealkylation sites (tertiary alicyclic amines) is 1. The first-order valence-corrected chi connectivity index (χ1v) is 9.40. The molecule has 0 unspecified atom stereocenters. The Kier molecular flexibility index (Phi) is 4.47. The number of halogens is 1. The fraction of sp³-hybridized carbons (Fsp3) is 0.643. The predicted molar refractivity (Wildman–Crippen MR) is 82.4 cm³/mol. The molecule has 8 heteroatoms. The van der Waals surface area contributed by atoms with Crippen LogP contribution in [0.4, 0.5) is 0 Å². The lowest BCUT2D eigenvalue weighted by Gasteiger charge is -2.33. The van der Waals surface area contributed by atoms with Crippen molar-refractivity contribution in [3.05, 3.63) is 23.1 Å². The molecule has 0 bridgehead atoms. The van der Waals surface area contributed by atoms with E-state index in [1.54, 1.807) is 9.21 Å². The molecule has 2 aliphatic heterocycles. The van der Waals surface area contributed by atoms with Gasteiger partial charge in [0.05, 0.1) is 5.25 Å². The standard InChI is InChI=1S/C14H19ClN2O4S/c15-13-4-3-12(21-13)14(18)16-9-5-11(6-10-16)22(19,20)17-7-1-2-8-17/h3-4,11H,1-2,5-10H2. The Bertz CT molecular complexity index is 644. The highest BCUT2D eigenvalue weighted by molar-refractivity contribution is 7.89. The Morgan fingerprint density at radius 1 is 1.14 bits per heavy atom. The van der Waals surface area contributed by atoms with Gasteiger partial charge < -0.3 is 9.32 Å². The maximum absolute atomic E-state index is 12.5. The molecule has 0 aromatic carbocycles. The number of furan rings is 1. The van der Waals surface area contributed by atoms with E-state index in [2.05, 4.69) is 0 Å². The second-order valence-electron chi connectivity index (χ2n) is 5.75. The average Bonchev–Trinajstić information content (AvgIpc) is 3.18. The van der Waals surface area contributed by atoms with E-state index >= 15 is 0 Å². The zero-order valence-corrected chi connectivity index (χ0v) is 13.8. The van der Waals surface area contributed by atoms with Gasteiger partial charge in [0.25, 0.3) is 5.91 Å². The molecule has 22 heavy (non-hydrogen) atoms. The molecule has 2 saturated heterocycles. The summed E-state index contributed by atoms with van der Waals surface area (Å²) in [6.07, 6.45) is 2.82. The molecule has 0 atom stereocenters. The van der Waals surface area contributed by atoms with Crippen molar-refractivity contribution < 1.29 is 17.6 Å². The molecular formula is C14H19ClN2O4S. The highest BCUT2D eigenvalue weighted by Crippen LogP contribution is 2.25. The lowest BCUT2D eigenvalue weighted by atomic mass is 10.1. The molecule has 0 aliphatic carbocycles. The Balaban J connectivity index is 1.61. The van der Waals surface area contributed by atoms with Crippen LogP contribution in [-0.2, 0) is 10.0 Å². The molecule has 3 heterocycles. The number of hydrogen-bond acceptors (Lipinski definition) is 4. The third-order valence-electron chi connectivity index (χ3n) is 4.36. The van der Waals surface area contributed by atoms with Gasteiger partial charge in [0.2, 0.25) is 10.0 Å². The van der Waals surface area contributed by atoms with E-state index in [1.165, 1.54) is 12.1 Å². The Morgan fingerprint density at radius 3 is 2.32 bits per heavy atom. The van der Waals surface area contributed by atoms with E-state index in [0.29, 0.717) is 39.0 Å². The number of carbonyl (C=O) groups is 1. The molecule has 3 rings (SSSR count). The molecule has 0 spiro atoms. The molecule has 0 saturated carbocycles. The number of rotatable bonds is 3. The van der Waals surface area contributed by atoms with Gasteiger partial charge >= 0.3 is 0 Å². The van der Waals surface area contributed by atoms with Crippen LogP contribution >= 0.6 is 11.6 Å². The Labute approximate surface area is 135 Å². The second-order valence-corrected chi connectivity index (χ2v) is 8.33. The molecule has 6 nitrogen and oxygen atoms in total. The van der Waals surface area contributed by atoms with E-state index in [-0.39, 0.29) is 22.1 Å². The van der Waals surface area contributed by atoms with Crippen LogP contribution in [-0.4, -0.2) is 55.0 Å². The van der Waals surface area contributed by atoms with E-state index in [9.17, 15) is 13.2 Å². The summed E-state index contributed by atoms with van der Waals surface area (Å²) in [6.45, 7) is 2.11. The first kappa shape index (κ1) is 15.8. The summed E-state index contributed by atoms with van der Waals surface area (Å²) in [7, 11) is -3.22. The Hall–Kier alpha value is -1.05. The van der Waals surface area contributed by atoms with Crippen molar-refractivity contribution in [2.45, 2.75) is 30.9 Å². The zero-order valence-electron chi connectivity index (χ0n) is 12.2. The summed E-state index contributed by atoms with van der Waals surface area (Å²) in [5.41, 5.74) is 0. The summed E-state index contributed by atoms with van der Waals surface area (Å²) >= 11 is 5.68. The highest BCUT2D eigenvalue weighted by Gasteiger charge is 2.37. The van der Waals surface area contributed by atoms with Crippen LogP contribution in [0.25, 0.3) is 0 Å². The van der Waals surface area contributed by atoms with Crippen LogP contribution in [0.15, 0.2) is 16.5 Å². The number of nitrogens with zero attached hydrogens (tertiary/aromatic N) is 2. The molecule has 1 amide bonds. The van der Waals surface area contributed by atoms with Gasteiger partial charge in [0.15, 0.2) is 11.0 Å². The van der Waals surface area contributed by atoms with Crippen LogP contribution in [0.1, 0.15) is 36.2 Å². The van der Waals surface area contributed by atoms with Gasteiger partial charge in [-0.2, -0.15) is 0 Å². The summed E-state index contributed by atoms with van der Waals surface area (Å²) in [4.78, 5) is 13.9. The zero-order chi connectivity index (χ0) is 15.7. The maximum Gasteiger partial charge on any atom is 0.289 e. The van der Waals surface area contributed by atoms with Crippen molar-refractivity contribution in [1.29, 1.82) is 0 Å². The smallest absolute Gasteiger partial charge is 0.289 e. The van der Waals surface area contributed by atoms with E-state index < -0.39 is 10.0 Å². The molecule has 1 aromatic rings. The number of amides is 1. The van der Waals surface area contributed by atoms with Crippen molar-refractivity contribution in [3.8, 4) is 0 Å². The van der Waals surface area contributed by atoms with Gasteiger partial charge in [-0.3, -0.25) is 4.79 Å². The summed E-state index contributed by atoms with van der Waals surface area (Å²) in [5, 5.41) is -0.204. The summed E-state index contributed by atoms with van der Waals surface area (Å²) in [6, 6.07) is 3.07. The Morgan fingerprint density at radius 2 is 1.77 bits per heavy atom. The molecule has 0 radical (unpaired) electrons. The molecule has 0 N–H and O–H groups in total. The maximum atomic E-state index is 12.5. The molecule has 122 valence electrons. The second kappa shape index (κ2) is 6.22. The highest BCUT2D eigenvalue weighted by atomic mass is 35.5.